The third kappa shape index (κ3) is 4.75. The maximum absolute atomic E-state index is 5.94. The van der Waals surface area contributed by atoms with Gasteiger partial charge in [-0.2, -0.15) is 0 Å². The topological polar surface area (TPSA) is 43.7 Å². The second-order valence-corrected chi connectivity index (χ2v) is 6.02. The summed E-state index contributed by atoms with van der Waals surface area (Å²) in [4.78, 5) is 8.63. The highest BCUT2D eigenvalue weighted by Crippen LogP contribution is 2.18. The molecule has 2 aromatic rings. The van der Waals surface area contributed by atoms with Crippen molar-refractivity contribution in [2.24, 2.45) is 4.99 Å². The van der Waals surface area contributed by atoms with Crippen molar-refractivity contribution in [3.05, 3.63) is 63.9 Å². The summed E-state index contributed by atoms with van der Waals surface area (Å²) in [5, 5.41) is 0.690. The first-order chi connectivity index (χ1) is 11.2. The summed E-state index contributed by atoms with van der Waals surface area (Å²) in [6.45, 7) is 2.05. The molecular weight excluding hydrogens is 335 g/mol. The molecule has 120 valence electrons. The van der Waals surface area contributed by atoms with E-state index >= 15 is 0 Å². The molecule has 0 amide bonds. The average Bonchev–Trinajstić information content (AvgIpc) is 2.55. The van der Waals surface area contributed by atoms with Gasteiger partial charge in [-0.25, -0.2) is 4.98 Å². The van der Waals surface area contributed by atoms with Gasteiger partial charge in [0, 0.05) is 5.56 Å². The number of pyridine rings is 1. The molecule has 23 heavy (non-hydrogen) atoms. The zero-order chi connectivity index (χ0) is 16.1. The quantitative estimate of drug-likeness (QED) is 0.770. The Morgan fingerprint density at radius 2 is 1.87 bits per heavy atom. The van der Waals surface area contributed by atoms with E-state index in [1.54, 1.807) is 12.1 Å². The van der Waals surface area contributed by atoms with Crippen LogP contribution in [0.3, 0.4) is 0 Å². The Kier molecular flexibility index (Phi) is 5.62. The van der Waals surface area contributed by atoms with Gasteiger partial charge in [0.15, 0.2) is 0 Å². The Morgan fingerprint density at radius 3 is 2.61 bits per heavy atom. The first-order valence-corrected chi connectivity index (χ1v) is 8.06. The summed E-state index contributed by atoms with van der Waals surface area (Å²) in [6.07, 6.45) is 0. The van der Waals surface area contributed by atoms with Crippen molar-refractivity contribution < 1.29 is 9.47 Å². The van der Waals surface area contributed by atoms with Crippen molar-refractivity contribution in [3.8, 4) is 0 Å². The Balaban J connectivity index is 1.62. The van der Waals surface area contributed by atoms with Crippen LogP contribution in [0.15, 0.2) is 47.5 Å². The van der Waals surface area contributed by atoms with E-state index in [-0.39, 0.29) is 6.04 Å². The molecule has 1 aromatic carbocycles. The molecule has 3 rings (SSSR count). The molecule has 0 saturated carbocycles. The molecule has 1 aromatic heterocycles. The highest BCUT2D eigenvalue weighted by molar-refractivity contribution is 6.33. The van der Waals surface area contributed by atoms with Gasteiger partial charge in [-0.05, 0) is 17.7 Å². The first-order valence-electron chi connectivity index (χ1n) is 7.30. The third-order valence-corrected chi connectivity index (χ3v) is 3.79. The van der Waals surface area contributed by atoms with Crippen molar-refractivity contribution in [1.82, 2.24) is 4.98 Å². The monoisotopic (exact) mass is 350 g/mol. The van der Waals surface area contributed by atoms with Crippen molar-refractivity contribution >= 4 is 28.9 Å². The van der Waals surface area contributed by atoms with Crippen LogP contribution in [0.1, 0.15) is 11.1 Å². The number of hydrogen-bond acceptors (Lipinski definition) is 4. The summed E-state index contributed by atoms with van der Waals surface area (Å²) < 4.78 is 11.4. The van der Waals surface area contributed by atoms with E-state index in [1.807, 2.05) is 30.3 Å². The lowest BCUT2D eigenvalue weighted by Crippen LogP contribution is -2.30. The summed E-state index contributed by atoms with van der Waals surface area (Å²) in [5.74, 6) is 0. The second-order valence-electron chi connectivity index (χ2n) is 5.25. The van der Waals surface area contributed by atoms with E-state index in [0.717, 1.165) is 16.8 Å². The lowest BCUT2D eigenvalue weighted by molar-refractivity contribution is 0.0657. The van der Waals surface area contributed by atoms with Gasteiger partial charge in [0.25, 0.3) is 0 Å². The molecule has 0 fully saturated rings. The van der Waals surface area contributed by atoms with Gasteiger partial charge in [0.1, 0.15) is 10.3 Å². The lowest BCUT2D eigenvalue weighted by atomic mass is 10.1. The number of aliphatic imine (C=N–C) groups is 1. The predicted octanol–water partition coefficient (Wildman–Crippen LogP) is 3.79. The third-order valence-electron chi connectivity index (χ3n) is 3.41. The fraction of sp³-hybridized carbons (Fsp3) is 0.294. The molecule has 0 radical (unpaired) electrons. The first kappa shape index (κ1) is 16.4. The van der Waals surface area contributed by atoms with Crippen molar-refractivity contribution in [3.63, 3.8) is 0 Å². The van der Waals surface area contributed by atoms with Gasteiger partial charge in [0.05, 0.1) is 38.2 Å². The molecule has 0 bridgehead atoms. The van der Waals surface area contributed by atoms with Gasteiger partial charge in [-0.3, -0.25) is 4.99 Å². The van der Waals surface area contributed by atoms with Crippen LogP contribution in [0, 0.1) is 0 Å². The summed E-state index contributed by atoms with van der Waals surface area (Å²) >= 11 is 11.9. The largest absolute Gasteiger partial charge is 0.374 e. The molecule has 2 heterocycles. The summed E-state index contributed by atoms with van der Waals surface area (Å²) in [5.41, 5.74) is 2.79. The van der Waals surface area contributed by atoms with E-state index in [0.29, 0.717) is 36.7 Å². The number of hydrogen-bond donors (Lipinski definition) is 0. The Hall–Kier alpha value is -1.46. The smallest absolute Gasteiger partial charge is 0.131 e. The van der Waals surface area contributed by atoms with Crippen LogP contribution < -0.4 is 0 Å². The zero-order valence-electron chi connectivity index (χ0n) is 12.4. The van der Waals surface area contributed by atoms with Gasteiger partial charge in [-0.1, -0.05) is 53.5 Å². The van der Waals surface area contributed by atoms with Crippen LogP contribution >= 0.6 is 23.2 Å². The molecular formula is C17H16Cl2N2O2. The molecule has 4 nitrogen and oxygen atoms in total. The van der Waals surface area contributed by atoms with E-state index in [9.17, 15) is 0 Å². The van der Waals surface area contributed by atoms with Gasteiger partial charge in [0.2, 0.25) is 0 Å². The highest BCUT2D eigenvalue weighted by Gasteiger charge is 2.18. The number of benzene rings is 1. The second kappa shape index (κ2) is 7.88. The predicted molar refractivity (Wildman–Crippen MR) is 91.5 cm³/mol. The minimum atomic E-state index is -0.0341. The average molecular weight is 351 g/mol. The summed E-state index contributed by atoms with van der Waals surface area (Å²) in [7, 11) is 0. The minimum absolute atomic E-state index is 0.0341. The molecule has 6 heteroatoms. The van der Waals surface area contributed by atoms with Crippen LogP contribution in [0.2, 0.25) is 10.3 Å². The van der Waals surface area contributed by atoms with Crippen LogP contribution in [-0.4, -0.2) is 36.6 Å². The van der Waals surface area contributed by atoms with E-state index < -0.39 is 0 Å². The van der Waals surface area contributed by atoms with E-state index in [1.165, 1.54) is 0 Å². The Labute approximate surface area is 145 Å². The number of ether oxygens (including phenoxy) is 2. The van der Waals surface area contributed by atoms with E-state index in [4.69, 9.17) is 32.7 Å². The van der Waals surface area contributed by atoms with Crippen molar-refractivity contribution in [2.45, 2.75) is 12.6 Å². The van der Waals surface area contributed by atoms with Gasteiger partial charge < -0.3 is 9.47 Å². The van der Waals surface area contributed by atoms with Crippen LogP contribution in [0.25, 0.3) is 0 Å². The zero-order valence-corrected chi connectivity index (χ0v) is 13.9. The van der Waals surface area contributed by atoms with Gasteiger partial charge in [-0.15, -0.1) is 0 Å². The molecule has 0 spiro atoms. The van der Waals surface area contributed by atoms with Crippen LogP contribution in [-0.2, 0) is 16.1 Å². The highest BCUT2D eigenvalue weighted by atomic mass is 35.5. The standard InChI is InChI=1S/C17H16Cl2N2O2/c18-16-6-13(7-17(19)21-16)15-11-23-10-14(20-15)9-22-8-12-4-2-1-3-5-12/h1-7,14H,8-11H2/t14-/m1/s1. The molecule has 1 atom stereocenters. The Morgan fingerprint density at radius 1 is 1.13 bits per heavy atom. The van der Waals surface area contributed by atoms with E-state index in [2.05, 4.69) is 9.98 Å². The fourth-order valence-corrected chi connectivity index (χ4v) is 2.81. The Bertz CT molecular complexity index is 672. The number of halogens is 2. The SMILES string of the molecule is Clc1cc(C2=N[C@H](COCc3ccccc3)COC2)cc(Cl)n1. The summed E-state index contributed by atoms with van der Waals surface area (Å²) in [6, 6.07) is 13.5. The normalized spacial score (nSPS) is 17.8. The molecule has 0 aliphatic carbocycles. The van der Waals surface area contributed by atoms with Crippen LogP contribution in [0.5, 0.6) is 0 Å². The molecule has 0 saturated heterocycles. The maximum Gasteiger partial charge on any atom is 0.131 e. The lowest BCUT2D eigenvalue weighted by Gasteiger charge is -2.21. The fourth-order valence-electron chi connectivity index (χ4n) is 2.35. The van der Waals surface area contributed by atoms with Crippen molar-refractivity contribution in [1.29, 1.82) is 0 Å². The van der Waals surface area contributed by atoms with Crippen LogP contribution in [0.4, 0.5) is 0 Å². The number of aromatic nitrogens is 1. The molecule has 0 N–H and O–H groups in total. The number of nitrogens with zero attached hydrogens (tertiary/aromatic N) is 2. The molecule has 1 aliphatic rings. The maximum atomic E-state index is 5.94. The molecule has 0 unspecified atom stereocenters. The molecule has 1 aliphatic heterocycles. The minimum Gasteiger partial charge on any atom is -0.374 e. The number of rotatable bonds is 5. The van der Waals surface area contributed by atoms with Crippen molar-refractivity contribution in [2.75, 3.05) is 19.8 Å². The van der Waals surface area contributed by atoms with Gasteiger partial charge >= 0.3 is 0 Å².